The first kappa shape index (κ1) is 21.1. The Morgan fingerprint density at radius 2 is 2.00 bits per heavy atom. The highest BCUT2D eigenvalue weighted by Gasteiger charge is 2.43. The molecule has 0 radical (unpaired) electrons. The summed E-state index contributed by atoms with van der Waals surface area (Å²) in [5.41, 5.74) is 0.876. The van der Waals surface area contributed by atoms with E-state index in [1.807, 2.05) is 38.1 Å². The predicted molar refractivity (Wildman–Crippen MR) is 107 cm³/mol. The van der Waals surface area contributed by atoms with Crippen LogP contribution in [0.25, 0.3) is 0 Å². The second kappa shape index (κ2) is 10.2. The van der Waals surface area contributed by atoms with Gasteiger partial charge in [-0.1, -0.05) is 56.0 Å². The zero-order valence-corrected chi connectivity index (χ0v) is 17.3. The fraction of sp³-hybridized carbons (Fsp3) is 0.600. The molecule has 1 fully saturated rings. The van der Waals surface area contributed by atoms with Crippen LogP contribution in [0.4, 0.5) is 0 Å². The smallest absolute Gasteiger partial charge is 0.330 e. The number of amides is 1. The molecular formula is C20H28ClNO3S. The zero-order valence-electron chi connectivity index (χ0n) is 15.7. The van der Waals surface area contributed by atoms with Crippen LogP contribution in [0.2, 0.25) is 5.02 Å². The number of thioether (sulfide) groups is 1. The van der Waals surface area contributed by atoms with Crippen molar-refractivity contribution in [3.63, 3.8) is 0 Å². The molecule has 1 saturated heterocycles. The van der Waals surface area contributed by atoms with E-state index in [-0.39, 0.29) is 23.4 Å². The highest BCUT2D eigenvalue weighted by atomic mass is 35.5. The van der Waals surface area contributed by atoms with Crippen LogP contribution in [0.15, 0.2) is 24.3 Å². The second-order valence-corrected chi connectivity index (χ2v) is 8.34. The van der Waals surface area contributed by atoms with Crippen LogP contribution in [0, 0.1) is 0 Å². The van der Waals surface area contributed by atoms with Crippen LogP contribution in [0.3, 0.4) is 0 Å². The molecule has 1 heterocycles. The summed E-state index contributed by atoms with van der Waals surface area (Å²) in [6, 6.07) is 6.97. The van der Waals surface area contributed by atoms with Gasteiger partial charge in [0.05, 0.1) is 6.10 Å². The van der Waals surface area contributed by atoms with Crippen molar-refractivity contribution in [3.05, 3.63) is 34.9 Å². The largest absolute Gasteiger partial charge is 0.461 e. The SMILES string of the molecule is CCCCCCC(=O)N1[C@@H](C(=O)OC(C)C)CS[C@H]1c1ccccc1Cl. The van der Waals surface area contributed by atoms with Crippen molar-refractivity contribution in [2.75, 3.05) is 5.75 Å². The molecule has 144 valence electrons. The Morgan fingerprint density at radius 3 is 2.65 bits per heavy atom. The van der Waals surface area contributed by atoms with Gasteiger partial charge in [0.2, 0.25) is 5.91 Å². The number of carbonyl (C=O) groups is 2. The van der Waals surface area contributed by atoms with Crippen molar-refractivity contribution < 1.29 is 14.3 Å². The van der Waals surface area contributed by atoms with Crippen LogP contribution >= 0.6 is 23.4 Å². The molecule has 1 aliphatic rings. The monoisotopic (exact) mass is 397 g/mol. The summed E-state index contributed by atoms with van der Waals surface area (Å²) < 4.78 is 5.39. The van der Waals surface area contributed by atoms with Crippen molar-refractivity contribution in [2.24, 2.45) is 0 Å². The Hall–Kier alpha value is -1.20. The molecule has 0 bridgehead atoms. The summed E-state index contributed by atoms with van der Waals surface area (Å²) in [6.45, 7) is 5.79. The number of unbranched alkanes of at least 4 members (excludes halogenated alkanes) is 3. The molecule has 6 heteroatoms. The van der Waals surface area contributed by atoms with Gasteiger partial charge in [0.1, 0.15) is 11.4 Å². The molecule has 2 rings (SSSR count). The third-order valence-corrected chi connectivity index (χ3v) is 5.98. The molecule has 1 aromatic carbocycles. The molecule has 2 atom stereocenters. The Labute approximate surface area is 165 Å². The van der Waals surface area contributed by atoms with Gasteiger partial charge in [-0.2, -0.15) is 0 Å². The van der Waals surface area contributed by atoms with Gasteiger partial charge in [-0.05, 0) is 26.3 Å². The Morgan fingerprint density at radius 1 is 1.27 bits per heavy atom. The van der Waals surface area contributed by atoms with E-state index in [4.69, 9.17) is 16.3 Å². The number of carbonyl (C=O) groups excluding carboxylic acids is 2. The van der Waals surface area contributed by atoms with Gasteiger partial charge in [-0.3, -0.25) is 4.79 Å². The van der Waals surface area contributed by atoms with Crippen molar-refractivity contribution in [2.45, 2.75) is 70.4 Å². The van der Waals surface area contributed by atoms with Crippen LogP contribution in [-0.2, 0) is 14.3 Å². The van der Waals surface area contributed by atoms with E-state index in [0.717, 1.165) is 31.2 Å². The van der Waals surface area contributed by atoms with Crippen molar-refractivity contribution in [1.29, 1.82) is 0 Å². The lowest BCUT2D eigenvalue weighted by molar-refractivity contribution is -0.157. The van der Waals surface area contributed by atoms with Gasteiger partial charge in [-0.15, -0.1) is 11.8 Å². The molecular weight excluding hydrogens is 370 g/mol. The molecule has 0 spiro atoms. The van der Waals surface area contributed by atoms with Crippen molar-refractivity contribution in [1.82, 2.24) is 4.90 Å². The van der Waals surface area contributed by atoms with Crippen LogP contribution < -0.4 is 0 Å². The minimum absolute atomic E-state index is 0.00160. The lowest BCUT2D eigenvalue weighted by Gasteiger charge is -2.29. The standard InChI is InChI=1S/C20H28ClNO3S/c1-4-5-6-7-12-18(23)22-17(20(24)25-14(2)3)13-26-19(22)15-10-8-9-11-16(15)21/h8-11,14,17,19H,4-7,12-13H2,1-3H3/t17-,19+/m1/s1. The third-order valence-electron chi connectivity index (χ3n) is 4.33. The maximum absolute atomic E-state index is 13.0. The van der Waals surface area contributed by atoms with Crippen molar-refractivity contribution in [3.8, 4) is 0 Å². The van der Waals surface area contributed by atoms with E-state index in [0.29, 0.717) is 17.2 Å². The average molecular weight is 398 g/mol. The van der Waals surface area contributed by atoms with Crippen LogP contribution in [-0.4, -0.2) is 34.7 Å². The van der Waals surface area contributed by atoms with E-state index >= 15 is 0 Å². The van der Waals surface area contributed by atoms with Gasteiger partial charge in [0.25, 0.3) is 0 Å². The summed E-state index contributed by atoms with van der Waals surface area (Å²) in [7, 11) is 0. The third kappa shape index (κ3) is 5.40. The topological polar surface area (TPSA) is 46.6 Å². The van der Waals surface area contributed by atoms with E-state index in [1.165, 1.54) is 0 Å². The van der Waals surface area contributed by atoms with Gasteiger partial charge in [0.15, 0.2) is 0 Å². The molecule has 26 heavy (non-hydrogen) atoms. The minimum atomic E-state index is -0.553. The molecule has 0 unspecified atom stereocenters. The lowest BCUT2D eigenvalue weighted by atomic mass is 10.1. The molecule has 0 saturated carbocycles. The lowest BCUT2D eigenvalue weighted by Crippen LogP contribution is -2.44. The maximum atomic E-state index is 13.0. The summed E-state index contributed by atoms with van der Waals surface area (Å²) in [5, 5.41) is 0.374. The second-order valence-electron chi connectivity index (χ2n) is 6.82. The molecule has 0 aromatic heterocycles. The maximum Gasteiger partial charge on any atom is 0.330 e. The number of nitrogens with zero attached hydrogens (tertiary/aromatic N) is 1. The van der Waals surface area contributed by atoms with Gasteiger partial charge >= 0.3 is 5.97 Å². The van der Waals surface area contributed by atoms with Crippen molar-refractivity contribution >= 4 is 35.2 Å². The number of hydrogen-bond acceptors (Lipinski definition) is 4. The number of hydrogen-bond donors (Lipinski definition) is 0. The first-order valence-corrected chi connectivity index (χ1v) is 10.8. The average Bonchev–Trinajstić information content (AvgIpc) is 3.03. The van der Waals surface area contributed by atoms with Gasteiger partial charge in [-0.25, -0.2) is 4.79 Å². The van der Waals surface area contributed by atoms with Crippen LogP contribution in [0.1, 0.15) is 63.8 Å². The normalized spacial score (nSPS) is 19.8. The summed E-state index contributed by atoms with van der Waals surface area (Å²) >= 11 is 7.94. The fourth-order valence-electron chi connectivity index (χ4n) is 3.05. The first-order chi connectivity index (χ1) is 12.5. The number of ether oxygens (including phenoxy) is 1. The summed E-state index contributed by atoms with van der Waals surface area (Å²) in [5.74, 6) is 0.202. The fourth-order valence-corrected chi connectivity index (χ4v) is 4.83. The van der Waals surface area contributed by atoms with Gasteiger partial charge in [0, 0.05) is 22.8 Å². The summed E-state index contributed by atoms with van der Waals surface area (Å²) in [6.07, 6.45) is 4.37. The van der Waals surface area contributed by atoms with E-state index in [2.05, 4.69) is 6.92 Å². The van der Waals surface area contributed by atoms with E-state index in [1.54, 1.807) is 16.7 Å². The molecule has 1 aliphatic heterocycles. The van der Waals surface area contributed by atoms with E-state index < -0.39 is 6.04 Å². The number of esters is 1. The molecule has 0 aliphatic carbocycles. The Bertz CT molecular complexity index is 623. The highest BCUT2D eigenvalue weighted by Crippen LogP contribution is 2.44. The van der Waals surface area contributed by atoms with Crippen LogP contribution in [0.5, 0.6) is 0 Å². The number of benzene rings is 1. The highest BCUT2D eigenvalue weighted by molar-refractivity contribution is 7.99. The predicted octanol–water partition coefficient (Wildman–Crippen LogP) is 5.20. The molecule has 4 nitrogen and oxygen atoms in total. The molecule has 0 N–H and O–H groups in total. The Balaban J connectivity index is 2.20. The number of halogens is 1. The molecule has 1 aromatic rings. The molecule has 1 amide bonds. The Kier molecular flexibility index (Phi) is 8.29. The van der Waals surface area contributed by atoms with Gasteiger partial charge < -0.3 is 9.64 Å². The first-order valence-electron chi connectivity index (χ1n) is 9.33. The quantitative estimate of drug-likeness (QED) is 0.446. The number of rotatable bonds is 8. The summed E-state index contributed by atoms with van der Waals surface area (Å²) in [4.78, 5) is 27.2. The minimum Gasteiger partial charge on any atom is -0.461 e. The van der Waals surface area contributed by atoms with E-state index in [9.17, 15) is 9.59 Å². The zero-order chi connectivity index (χ0) is 19.1.